The molecule has 2 nitrogen and oxygen atoms in total. The second-order valence-electron chi connectivity index (χ2n) is 9.66. The third-order valence-electron chi connectivity index (χ3n) is 7.58. The molecule has 202 valence electrons. The predicted molar refractivity (Wildman–Crippen MR) is 156 cm³/mol. The van der Waals surface area contributed by atoms with Crippen LogP contribution in [0.3, 0.4) is 0 Å². The van der Waals surface area contributed by atoms with Gasteiger partial charge in [-0.1, -0.05) is 82.9 Å². The van der Waals surface area contributed by atoms with Gasteiger partial charge < -0.3 is 9.47 Å². The fourth-order valence-electron chi connectivity index (χ4n) is 6.01. The van der Waals surface area contributed by atoms with E-state index in [1.807, 2.05) is 6.07 Å². The van der Waals surface area contributed by atoms with Gasteiger partial charge in [-0.15, -0.1) is 0 Å². The zero-order valence-electron chi connectivity index (χ0n) is 21.9. The monoisotopic (exact) mass is 640 g/mol. The summed E-state index contributed by atoms with van der Waals surface area (Å²) in [6, 6.07) is 13.2. The van der Waals surface area contributed by atoms with Gasteiger partial charge in [0, 0.05) is 0 Å². The number of hydrogen-bond acceptors (Lipinski definition) is 2. The Bertz CT molecular complexity index is 916. The van der Waals surface area contributed by atoms with Crippen LogP contribution < -0.4 is 14.8 Å². The summed E-state index contributed by atoms with van der Waals surface area (Å²) in [6.45, 7) is 2.14. The van der Waals surface area contributed by atoms with Crippen molar-refractivity contribution in [2.45, 2.75) is 88.9 Å². The minimum absolute atomic E-state index is 0.106. The standard InChI is InChI=1S/C30H41O2P.2ClH.Pd/c1-4-5-14-23-15-12-20-26(29-27(31-2)21-13-22-28(29)32-3)30(23)33(24-16-8-6-9-17-24)25-18-10-7-11-19-25;;;/h4-5,12-13,15,20-22,24-25H,6-11,14,16-19H2,1-3H3;2*1H;/q;;;+2/p-2. The van der Waals surface area contributed by atoms with Gasteiger partial charge in [0.1, 0.15) is 11.5 Å². The molecule has 0 spiro atoms. The van der Waals surface area contributed by atoms with Gasteiger partial charge >= 0.3 is 35.0 Å². The van der Waals surface area contributed by atoms with E-state index in [-0.39, 0.29) is 23.9 Å². The molecule has 0 radical (unpaired) electrons. The van der Waals surface area contributed by atoms with E-state index in [2.05, 4.69) is 49.4 Å². The van der Waals surface area contributed by atoms with Crippen molar-refractivity contribution in [3.05, 3.63) is 54.1 Å². The number of benzene rings is 2. The van der Waals surface area contributed by atoms with Crippen LogP contribution in [0, 0.1) is 0 Å². The Kier molecular flexibility index (Phi) is 13.7. The Morgan fingerprint density at radius 3 is 1.81 bits per heavy atom. The van der Waals surface area contributed by atoms with Gasteiger partial charge in [-0.3, -0.25) is 0 Å². The molecule has 0 bridgehead atoms. The molecule has 0 aromatic heterocycles. The summed E-state index contributed by atoms with van der Waals surface area (Å²) in [5.74, 6) is 1.84. The molecule has 2 aromatic rings. The van der Waals surface area contributed by atoms with Crippen molar-refractivity contribution < 1.29 is 25.4 Å². The van der Waals surface area contributed by atoms with E-state index in [0.717, 1.165) is 34.8 Å². The Labute approximate surface area is 236 Å². The third kappa shape index (κ3) is 7.74. The van der Waals surface area contributed by atoms with E-state index in [9.17, 15) is 0 Å². The molecule has 0 saturated heterocycles. The van der Waals surface area contributed by atoms with Gasteiger partial charge in [0.2, 0.25) is 0 Å². The number of hydrogen-bond donors (Lipinski definition) is 0. The van der Waals surface area contributed by atoms with Crippen molar-refractivity contribution in [1.29, 1.82) is 0 Å². The summed E-state index contributed by atoms with van der Waals surface area (Å²) in [7, 11) is 12.9. The first-order chi connectivity index (χ1) is 17.7. The van der Waals surface area contributed by atoms with Gasteiger partial charge in [0.05, 0.1) is 19.8 Å². The average molecular weight is 642 g/mol. The first-order valence-electron chi connectivity index (χ1n) is 13.2. The van der Waals surface area contributed by atoms with Crippen LogP contribution >= 0.6 is 27.0 Å². The van der Waals surface area contributed by atoms with Crippen LogP contribution in [0.1, 0.15) is 76.7 Å². The quantitative estimate of drug-likeness (QED) is 0.162. The summed E-state index contributed by atoms with van der Waals surface area (Å²) in [5, 5.41) is 1.65. The molecular weight excluding hydrogens is 601 g/mol. The molecule has 4 rings (SSSR count). The Morgan fingerprint density at radius 2 is 1.33 bits per heavy atom. The fraction of sp³-hybridized carbons (Fsp3) is 0.533. The Hall–Kier alpha value is -0.548. The topological polar surface area (TPSA) is 18.5 Å². The van der Waals surface area contributed by atoms with Gasteiger partial charge in [-0.05, 0) is 78.9 Å². The van der Waals surface area contributed by atoms with Crippen LogP contribution in [-0.2, 0) is 22.4 Å². The second-order valence-corrected chi connectivity index (χ2v) is 14.7. The molecule has 2 aliphatic carbocycles. The average Bonchev–Trinajstić information content (AvgIpc) is 2.93. The van der Waals surface area contributed by atoms with Crippen molar-refractivity contribution >= 4 is 32.3 Å². The molecule has 0 aliphatic heterocycles. The molecule has 36 heavy (non-hydrogen) atoms. The first kappa shape index (κ1) is 30.0. The van der Waals surface area contributed by atoms with Crippen LogP contribution in [0.15, 0.2) is 48.6 Å². The predicted octanol–water partition coefficient (Wildman–Crippen LogP) is 9.64. The van der Waals surface area contributed by atoms with Crippen LogP contribution in [0.4, 0.5) is 0 Å². The first-order valence-corrected chi connectivity index (χ1v) is 18.7. The number of rotatable bonds is 8. The van der Waals surface area contributed by atoms with Gasteiger partial charge in [0.25, 0.3) is 0 Å². The Morgan fingerprint density at radius 1 is 0.833 bits per heavy atom. The van der Waals surface area contributed by atoms with Crippen LogP contribution in [-0.4, -0.2) is 25.5 Å². The van der Waals surface area contributed by atoms with E-state index in [1.165, 1.54) is 75.3 Å². The molecular formula is C30H41Cl2O2PPd. The molecule has 2 aliphatic rings. The normalized spacial score (nSPS) is 17.3. The van der Waals surface area contributed by atoms with Crippen molar-refractivity contribution in [3.8, 4) is 22.6 Å². The van der Waals surface area contributed by atoms with Crippen molar-refractivity contribution in [1.82, 2.24) is 0 Å². The van der Waals surface area contributed by atoms with Crippen LogP contribution in [0.2, 0.25) is 0 Å². The number of halogens is 2. The molecule has 0 N–H and O–H groups in total. The van der Waals surface area contributed by atoms with Gasteiger partial charge in [-0.25, -0.2) is 0 Å². The zero-order chi connectivity index (χ0) is 25.8. The molecule has 2 fully saturated rings. The molecule has 2 aromatic carbocycles. The molecule has 6 heteroatoms. The summed E-state index contributed by atoms with van der Waals surface area (Å²) in [5.41, 5.74) is 5.71. The summed E-state index contributed by atoms with van der Waals surface area (Å²) < 4.78 is 11.8. The molecule has 0 unspecified atom stereocenters. The summed E-state index contributed by atoms with van der Waals surface area (Å²) >= 11 is -0.106. The molecule has 0 amide bonds. The summed E-state index contributed by atoms with van der Waals surface area (Å²) in [6.07, 6.45) is 19.6. The van der Waals surface area contributed by atoms with E-state index in [1.54, 1.807) is 19.5 Å². The van der Waals surface area contributed by atoms with E-state index in [4.69, 9.17) is 28.5 Å². The summed E-state index contributed by atoms with van der Waals surface area (Å²) in [4.78, 5) is 0. The van der Waals surface area contributed by atoms with Crippen molar-refractivity contribution in [2.24, 2.45) is 0 Å². The van der Waals surface area contributed by atoms with E-state index >= 15 is 0 Å². The number of methoxy groups -OCH3 is 2. The number of allylic oxidation sites excluding steroid dienone is 2. The van der Waals surface area contributed by atoms with Gasteiger partial charge in [-0.2, -0.15) is 0 Å². The SMILES string of the molecule is CC=CCc1cccc(-c2c(OC)cccc2OC)c1P(C1CCCCC1)C1CCCCC1.[Cl][Pd][Cl]. The maximum absolute atomic E-state index is 5.90. The molecule has 0 heterocycles. The molecule has 0 atom stereocenters. The second kappa shape index (κ2) is 16.4. The van der Waals surface area contributed by atoms with Crippen LogP contribution in [0.5, 0.6) is 11.5 Å². The van der Waals surface area contributed by atoms with E-state index in [0.29, 0.717) is 0 Å². The molecule has 2 saturated carbocycles. The van der Waals surface area contributed by atoms with Crippen molar-refractivity contribution in [3.63, 3.8) is 0 Å². The Balaban J connectivity index is 0.00000115. The van der Waals surface area contributed by atoms with Crippen molar-refractivity contribution in [2.75, 3.05) is 14.2 Å². The maximum atomic E-state index is 5.90. The fourth-order valence-corrected chi connectivity index (χ4v) is 10.1. The zero-order valence-corrected chi connectivity index (χ0v) is 25.8. The van der Waals surface area contributed by atoms with Crippen LogP contribution in [0.25, 0.3) is 11.1 Å². The third-order valence-corrected chi connectivity index (χ3v) is 11.2. The van der Waals surface area contributed by atoms with E-state index < -0.39 is 0 Å². The minimum atomic E-state index is -0.254. The number of ether oxygens (including phenoxy) is 2. The van der Waals surface area contributed by atoms with Gasteiger partial charge in [0.15, 0.2) is 0 Å².